The summed E-state index contributed by atoms with van der Waals surface area (Å²) >= 11 is 0. The molecule has 0 radical (unpaired) electrons. The third-order valence-corrected chi connectivity index (χ3v) is 3.14. The Bertz CT molecular complexity index is 760. The van der Waals surface area contributed by atoms with Gasteiger partial charge in [-0.15, -0.1) is 0 Å². The van der Waals surface area contributed by atoms with Crippen LogP contribution in [0.3, 0.4) is 0 Å². The van der Waals surface area contributed by atoms with E-state index in [0.29, 0.717) is 5.56 Å². The van der Waals surface area contributed by atoms with E-state index in [0.717, 1.165) is 0 Å². The Morgan fingerprint density at radius 3 is 2.35 bits per heavy atom. The molecular formula is C15H8O5. The molecule has 1 aromatic rings. The maximum atomic E-state index is 12.4. The molecule has 1 heterocycles. The number of hydrogen-bond acceptors (Lipinski definition) is 5. The third kappa shape index (κ3) is 1.54. The van der Waals surface area contributed by atoms with Gasteiger partial charge in [0.2, 0.25) is 5.76 Å². The minimum Gasteiger partial charge on any atom is -0.468 e. The van der Waals surface area contributed by atoms with Crippen molar-refractivity contribution in [3.8, 4) is 0 Å². The first-order chi connectivity index (χ1) is 9.67. The Morgan fingerprint density at radius 2 is 1.75 bits per heavy atom. The summed E-state index contributed by atoms with van der Waals surface area (Å²) in [6.07, 6.45) is 1.31. The van der Waals surface area contributed by atoms with Crippen LogP contribution in [0.5, 0.6) is 0 Å². The zero-order valence-corrected chi connectivity index (χ0v) is 10.4. The van der Waals surface area contributed by atoms with Gasteiger partial charge < -0.3 is 9.47 Å². The van der Waals surface area contributed by atoms with E-state index < -0.39 is 5.78 Å². The van der Waals surface area contributed by atoms with Crippen molar-refractivity contribution in [2.75, 3.05) is 7.11 Å². The summed E-state index contributed by atoms with van der Waals surface area (Å²) in [7, 11) is 1.34. The zero-order chi connectivity index (χ0) is 14.3. The van der Waals surface area contributed by atoms with Crippen molar-refractivity contribution in [2.24, 2.45) is 0 Å². The van der Waals surface area contributed by atoms with E-state index in [9.17, 15) is 14.4 Å². The van der Waals surface area contributed by atoms with Gasteiger partial charge in [0.1, 0.15) is 0 Å². The Labute approximate surface area is 113 Å². The highest BCUT2D eigenvalue weighted by Crippen LogP contribution is 2.35. The van der Waals surface area contributed by atoms with Crippen molar-refractivity contribution in [3.05, 3.63) is 64.3 Å². The molecule has 5 nitrogen and oxygen atoms in total. The van der Waals surface area contributed by atoms with Crippen molar-refractivity contribution in [2.45, 2.75) is 0 Å². The molecule has 0 bridgehead atoms. The van der Waals surface area contributed by atoms with Gasteiger partial charge in [0.05, 0.1) is 12.7 Å². The number of Topliss-reactive ketones (excluding diaryl/α,β-unsaturated/α-hetero) is 2. The van der Waals surface area contributed by atoms with E-state index in [1.807, 2.05) is 0 Å². The van der Waals surface area contributed by atoms with Crippen molar-refractivity contribution in [3.63, 3.8) is 0 Å². The number of ketones is 2. The molecule has 2 aliphatic rings. The van der Waals surface area contributed by atoms with E-state index in [2.05, 4.69) is 0 Å². The number of allylic oxidation sites excluding steroid dienone is 3. The lowest BCUT2D eigenvalue weighted by Gasteiger charge is -2.23. The van der Waals surface area contributed by atoms with E-state index in [1.165, 1.54) is 19.3 Å². The molecular weight excluding hydrogens is 260 g/mol. The molecule has 1 aliphatic carbocycles. The van der Waals surface area contributed by atoms with Crippen molar-refractivity contribution >= 4 is 17.5 Å². The molecule has 0 spiro atoms. The smallest absolute Gasteiger partial charge is 0.285 e. The van der Waals surface area contributed by atoms with Gasteiger partial charge >= 0.3 is 0 Å². The molecule has 0 saturated heterocycles. The summed E-state index contributed by atoms with van der Waals surface area (Å²) in [5.74, 6) is 0.413. The molecule has 0 atom stereocenters. The molecule has 0 saturated carbocycles. The minimum absolute atomic E-state index is 0.0253. The van der Waals surface area contributed by atoms with Gasteiger partial charge in [-0.1, -0.05) is 24.3 Å². The fourth-order valence-corrected chi connectivity index (χ4v) is 2.23. The summed E-state index contributed by atoms with van der Waals surface area (Å²) in [6.45, 7) is 0. The van der Waals surface area contributed by atoms with E-state index >= 15 is 0 Å². The lowest BCUT2D eigenvalue weighted by atomic mass is 9.82. The second kappa shape index (κ2) is 4.33. The predicted octanol–water partition coefficient (Wildman–Crippen LogP) is 1.60. The Balaban J connectivity index is 2.30. The fraction of sp³-hybridized carbons (Fsp3) is 0.0667. The normalized spacial score (nSPS) is 16.9. The summed E-state index contributed by atoms with van der Waals surface area (Å²) in [4.78, 5) is 35.8. The van der Waals surface area contributed by atoms with Crippen LogP contribution < -0.4 is 0 Å². The first-order valence-corrected chi connectivity index (χ1v) is 5.79. The summed E-state index contributed by atoms with van der Waals surface area (Å²) < 4.78 is 9.97. The molecule has 0 fully saturated rings. The number of carbonyl (C=O) groups is 2. The summed E-state index contributed by atoms with van der Waals surface area (Å²) in [5, 5.41) is 0. The van der Waals surface area contributed by atoms with Gasteiger partial charge in [-0.2, -0.15) is 0 Å². The monoisotopic (exact) mass is 268 g/mol. The van der Waals surface area contributed by atoms with Crippen LogP contribution in [-0.4, -0.2) is 24.6 Å². The average Bonchev–Trinajstić information content (AvgIpc) is 2.51. The molecule has 98 valence electrons. The highest BCUT2D eigenvalue weighted by molar-refractivity contribution is 6.30. The van der Waals surface area contributed by atoms with Crippen LogP contribution in [0.4, 0.5) is 0 Å². The molecule has 0 N–H and O–H groups in total. The second-order valence-electron chi connectivity index (χ2n) is 4.19. The third-order valence-electron chi connectivity index (χ3n) is 3.14. The number of rotatable bonds is 1. The molecule has 0 aromatic heterocycles. The van der Waals surface area contributed by atoms with Crippen LogP contribution >= 0.6 is 0 Å². The Hall–Kier alpha value is -2.91. The molecule has 5 heteroatoms. The number of fused-ring (bicyclic) bond motifs is 1. The SMILES string of the molecule is COC1=CC2=C(C(=O)c3ccccc3C2=O)C(=C=O)O1. The predicted molar refractivity (Wildman–Crippen MR) is 67.5 cm³/mol. The standard InChI is InChI=1S/C15H8O5/c1-19-12-6-10-13(11(7-16)20-12)15(18)9-5-3-2-4-8(9)14(10)17/h2-6H,1H3. The fourth-order valence-electron chi connectivity index (χ4n) is 2.23. The van der Waals surface area contributed by atoms with Crippen molar-refractivity contribution in [1.29, 1.82) is 0 Å². The number of methoxy groups -OCH3 is 1. The number of ether oxygens (including phenoxy) is 2. The lowest BCUT2D eigenvalue weighted by molar-refractivity contribution is 0.0889. The van der Waals surface area contributed by atoms with Crippen LogP contribution in [0.15, 0.2) is 53.2 Å². The number of carbonyl (C=O) groups excluding carboxylic acids is 3. The van der Waals surface area contributed by atoms with Gasteiger partial charge in [0, 0.05) is 22.8 Å². The second-order valence-corrected chi connectivity index (χ2v) is 4.19. The molecule has 0 unspecified atom stereocenters. The van der Waals surface area contributed by atoms with Crippen LogP contribution in [0.1, 0.15) is 20.7 Å². The topological polar surface area (TPSA) is 69.7 Å². The van der Waals surface area contributed by atoms with Crippen LogP contribution in [0, 0.1) is 0 Å². The zero-order valence-electron chi connectivity index (χ0n) is 10.4. The summed E-state index contributed by atoms with van der Waals surface area (Å²) in [6, 6.07) is 6.43. The van der Waals surface area contributed by atoms with Crippen LogP contribution in [0.25, 0.3) is 0 Å². The first-order valence-electron chi connectivity index (χ1n) is 5.79. The molecule has 1 aliphatic heterocycles. The average molecular weight is 268 g/mol. The van der Waals surface area contributed by atoms with Gasteiger partial charge in [0.15, 0.2) is 17.5 Å². The Morgan fingerprint density at radius 1 is 1.10 bits per heavy atom. The van der Waals surface area contributed by atoms with E-state index in [4.69, 9.17) is 9.47 Å². The van der Waals surface area contributed by atoms with Crippen molar-refractivity contribution < 1.29 is 23.9 Å². The summed E-state index contributed by atoms with van der Waals surface area (Å²) in [5.41, 5.74) is 0.580. The van der Waals surface area contributed by atoms with E-state index in [-0.39, 0.29) is 34.2 Å². The first kappa shape index (κ1) is 12.1. The van der Waals surface area contributed by atoms with Gasteiger partial charge in [-0.25, -0.2) is 4.79 Å². The minimum atomic E-state index is -0.431. The lowest BCUT2D eigenvalue weighted by Crippen LogP contribution is -2.26. The number of hydrogen-bond donors (Lipinski definition) is 0. The maximum absolute atomic E-state index is 12.4. The highest BCUT2D eigenvalue weighted by Gasteiger charge is 2.37. The Kier molecular flexibility index (Phi) is 2.63. The van der Waals surface area contributed by atoms with Crippen molar-refractivity contribution in [1.82, 2.24) is 0 Å². The van der Waals surface area contributed by atoms with Crippen LogP contribution in [-0.2, 0) is 14.3 Å². The van der Waals surface area contributed by atoms with Gasteiger partial charge in [0.25, 0.3) is 5.95 Å². The maximum Gasteiger partial charge on any atom is 0.285 e. The largest absolute Gasteiger partial charge is 0.468 e. The highest BCUT2D eigenvalue weighted by atomic mass is 16.7. The van der Waals surface area contributed by atoms with Gasteiger partial charge in [-0.3, -0.25) is 9.59 Å². The van der Waals surface area contributed by atoms with E-state index in [1.54, 1.807) is 24.1 Å². The van der Waals surface area contributed by atoms with Crippen LogP contribution in [0.2, 0.25) is 0 Å². The quantitative estimate of drug-likeness (QED) is 0.723. The molecule has 1 aromatic carbocycles. The molecule has 3 rings (SSSR count). The molecule has 20 heavy (non-hydrogen) atoms. The number of benzene rings is 1. The molecule has 0 amide bonds. The van der Waals surface area contributed by atoms with Gasteiger partial charge in [-0.05, 0) is 0 Å².